The molecule has 0 aliphatic heterocycles. The number of rotatable bonds is 8. The van der Waals surface area contributed by atoms with Gasteiger partial charge < -0.3 is 20.5 Å². The van der Waals surface area contributed by atoms with E-state index in [0.29, 0.717) is 22.4 Å². The molecule has 28 heavy (non-hydrogen) atoms. The van der Waals surface area contributed by atoms with Crippen LogP contribution in [0.2, 0.25) is 0 Å². The molecule has 0 fully saturated rings. The lowest BCUT2D eigenvalue weighted by molar-refractivity contribution is -0.363. The number of carbonyl (C=O) groups excluding carboxylic acids is 1. The van der Waals surface area contributed by atoms with E-state index in [0.717, 1.165) is 25.3 Å². The molecule has 0 heterocycles. The standard InChI is InChI=1S/C21H26N4O3/c1-3-25(11-10-22)17-7-4-16(19(26)13-17)12-14(2)21(27)28-18-8-5-15(6-9-18)20(23)24/h4-9,12-13,26H,3,10-11,22H2,1-2H3,(H3,23,24)/p+2/b14-12+. The summed E-state index contributed by atoms with van der Waals surface area (Å²) in [6.45, 7) is 6.09. The molecule has 8 N–H and O–H groups in total. The molecule has 2 aromatic rings. The minimum Gasteiger partial charge on any atom is -0.507 e. The topological polar surface area (TPSA) is 129 Å². The summed E-state index contributed by atoms with van der Waals surface area (Å²) in [5.74, 6) is 0.178. The smallest absolute Gasteiger partial charge is 0.339 e. The van der Waals surface area contributed by atoms with Gasteiger partial charge in [-0.1, -0.05) is 0 Å². The van der Waals surface area contributed by atoms with Crippen molar-refractivity contribution in [3.8, 4) is 11.5 Å². The Hall–Kier alpha value is -3.32. The van der Waals surface area contributed by atoms with Crippen molar-refractivity contribution in [2.75, 3.05) is 24.5 Å². The molecule has 0 radical (unpaired) electrons. The Bertz CT molecular complexity index is 876. The molecular weight excluding hydrogens is 356 g/mol. The minimum atomic E-state index is -0.506. The van der Waals surface area contributed by atoms with Crippen LogP contribution in [0, 0.1) is 0 Å². The number of aromatic hydroxyl groups is 1. The fraction of sp³-hybridized carbons (Fsp3) is 0.238. The van der Waals surface area contributed by atoms with Gasteiger partial charge in [0.05, 0.1) is 18.7 Å². The van der Waals surface area contributed by atoms with Gasteiger partial charge in [-0.2, -0.15) is 0 Å². The molecule has 0 saturated heterocycles. The number of anilines is 1. The van der Waals surface area contributed by atoms with E-state index in [1.165, 1.54) is 0 Å². The van der Waals surface area contributed by atoms with Crippen LogP contribution in [-0.4, -0.2) is 36.5 Å². The van der Waals surface area contributed by atoms with Gasteiger partial charge in [0, 0.05) is 29.4 Å². The number of likely N-dealkylation sites (N-methyl/N-ethyl adjacent to an activating group) is 1. The first-order valence-electron chi connectivity index (χ1n) is 9.11. The van der Waals surface area contributed by atoms with Gasteiger partial charge in [0.1, 0.15) is 11.5 Å². The molecule has 148 valence electrons. The summed E-state index contributed by atoms with van der Waals surface area (Å²) in [5, 5.41) is 15.9. The number of nitrogens with two attached hydrogens (primary N) is 2. The third-order valence-electron chi connectivity index (χ3n) is 4.28. The van der Waals surface area contributed by atoms with Gasteiger partial charge in [-0.25, -0.2) is 4.79 Å². The number of carbonyl (C=O) groups is 1. The van der Waals surface area contributed by atoms with E-state index in [1.54, 1.807) is 49.4 Å². The third-order valence-corrected chi connectivity index (χ3v) is 4.28. The van der Waals surface area contributed by atoms with E-state index >= 15 is 0 Å². The zero-order valence-electron chi connectivity index (χ0n) is 16.3. The lowest BCUT2D eigenvalue weighted by atomic mass is 10.1. The van der Waals surface area contributed by atoms with Crippen molar-refractivity contribution in [1.82, 2.24) is 0 Å². The van der Waals surface area contributed by atoms with Crippen molar-refractivity contribution in [3.63, 3.8) is 0 Å². The molecule has 0 aliphatic rings. The highest BCUT2D eigenvalue weighted by molar-refractivity contribution is 5.95. The van der Waals surface area contributed by atoms with Crippen LogP contribution in [-0.2, 0) is 4.79 Å². The van der Waals surface area contributed by atoms with Gasteiger partial charge >= 0.3 is 5.97 Å². The Morgan fingerprint density at radius 2 is 1.96 bits per heavy atom. The predicted octanol–water partition coefficient (Wildman–Crippen LogP) is -0.0663. The molecule has 0 amide bonds. The molecule has 0 spiro atoms. The summed E-state index contributed by atoms with van der Waals surface area (Å²) in [5.41, 5.74) is 11.9. The van der Waals surface area contributed by atoms with E-state index in [4.69, 9.17) is 15.9 Å². The fourth-order valence-corrected chi connectivity index (χ4v) is 2.71. The van der Waals surface area contributed by atoms with Crippen LogP contribution in [0.5, 0.6) is 11.5 Å². The maximum Gasteiger partial charge on any atom is 0.339 e. The van der Waals surface area contributed by atoms with Crippen molar-refractivity contribution in [1.29, 1.82) is 0 Å². The molecule has 0 saturated carbocycles. The number of nitrogens with zero attached hydrogens (tertiary/aromatic N) is 1. The number of hydrogen-bond acceptors (Lipinski definition) is 4. The molecule has 7 heteroatoms. The van der Waals surface area contributed by atoms with Crippen LogP contribution in [0.15, 0.2) is 48.0 Å². The van der Waals surface area contributed by atoms with Gasteiger partial charge in [0.25, 0.3) is 5.84 Å². The lowest BCUT2D eigenvalue weighted by Gasteiger charge is -2.21. The van der Waals surface area contributed by atoms with Crippen LogP contribution in [0.3, 0.4) is 0 Å². The number of quaternary nitrogens is 1. The van der Waals surface area contributed by atoms with E-state index < -0.39 is 5.97 Å². The van der Waals surface area contributed by atoms with E-state index in [-0.39, 0.29) is 11.6 Å². The molecule has 7 nitrogen and oxygen atoms in total. The highest BCUT2D eigenvalue weighted by Gasteiger charge is 2.11. The van der Waals surface area contributed by atoms with Crippen molar-refractivity contribution in [2.45, 2.75) is 13.8 Å². The van der Waals surface area contributed by atoms with Crippen LogP contribution in [0.1, 0.15) is 25.0 Å². The van der Waals surface area contributed by atoms with Gasteiger partial charge in [-0.3, -0.25) is 11.1 Å². The van der Waals surface area contributed by atoms with Gasteiger partial charge in [0.2, 0.25) is 0 Å². The highest BCUT2D eigenvalue weighted by atomic mass is 16.5. The fourth-order valence-electron chi connectivity index (χ4n) is 2.71. The summed E-state index contributed by atoms with van der Waals surface area (Å²) in [6, 6.07) is 12.0. The summed E-state index contributed by atoms with van der Waals surface area (Å²) in [4.78, 5) is 14.4. The third kappa shape index (κ3) is 5.34. The van der Waals surface area contributed by atoms with Gasteiger partial charge in [-0.05, 0) is 56.3 Å². The van der Waals surface area contributed by atoms with Crippen LogP contribution in [0.25, 0.3) is 6.08 Å². The molecule has 2 rings (SSSR count). The van der Waals surface area contributed by atoms with E-state index in [2.05, 4.69) is 10.6 Å². The molecule has 0 atom stereocenters. The summed E-state index contributed by atoms with van der Waals surface area (Å²) in [7, 11) is 0. The second kappa shape index (κ2) is 9.57. The molecule has 0 aromatic heterocycles. The predicted molar refractivity (Wildman–Crippen MR) is 110 cm³/mol. The highest BCUT2D eigenvalue weighted by Crippen LogP contribution is 2.27. The monoisotopic (exact) mass is 384 g/mol. The first kappa shape index (κ1) is 21.0. The average molecular weight is 384 g/mol. The molecule has 0 aliphatic carbocycles. The Labute approximate surface area is 164 Å². The van der Waals surface area contributed by atoms with Crippen molar-refractivity contribution in [2.24, 2.45) is 5.73 Å². The number of ether oxygens (including phenoxy) is 1. The number of phenolic OH excluding ortho intramolecular Hbond substituents is 1. The maximum atomic E-state index is 12.3. The Kier molecular flexibility index (Phi) is 7.17. The first-order valence-corrected chi connectivity index (χ1v) is 9.11. The van der Waals surface area contributed by atoms with Crippen molar-refractivity contribution in [3.05, 3.63) is 59.2 Å². The van der Waals surface area contributed by atoms with Crippen LogP contribution in [0.4, 0.5) is 5.69 Å². The van der Waals surface area contributed by atoms with E-state index in [1.807, 2.05) is 13.0 Å². The number of benzene rings is 2. The minimum absolute atomic E-state index is 0.102. The van der Waals surface area contributed by atoms with Crippen molar-refractivity contribution >= 4 is 23.6 Å². The zero-order chi connectivity index (χ0) is 20.7. The van der Waals surface area contributed by atoms with Gasteiger partial charge in [-0.15, -0.1) is 0 Å². The molecule has 0 unspecified atom stereocenters. The number of phenols is 1. The first-order chi connectivity index (χ1) is 13.3. The Morgan fingerprint density at radius 3 is 2.50 bits per heavy atom. The van der Waals surface area contributed by atoms with Crippen LogP contribution >= 0.6 is 0 Å². The number of esters is 1. The quantitative estimate of drug-likeness (QED) is 0.167. The second-order valence-electron chi connectivity index (χ2n) is 6.37. The molecule has 0 bridgehead atoms. The normalized spacial score (nSPS) is 11.2. The maximum absolute atomic E-state index is 12.3. The summed E-state index contributed by atoms with van der Waals surface area (Å²) < 4.78 is 5.34. The molecular formula is C21H28N4O3+2. The largest absolute Gasteiger partial charge is 0.507 e. The SMILES string of the molecule is CCN(CC[NH3+])c1ccc(/C=C(\C)C(=O)Oc2ccc(C(N)=[NH2+])cc2)c(O)c1. The van der Waals surface area contributed by atoms with E-state index in [9.17, 15) is 9.90 Å². The lowest BCUT2D eigenvalue weighted by Crippen LogP contribution is -2.55. The van der Waals surface area contributed by atoms with Crippen molar-refractivity contribution < 1.29 is 25.8 Å². The molecule has 2 aromatic carbocycles. The summed E-state index contributed by atoms with van der Waals surface area (Å²) >= 11 is 0. The Morgan fingerprint density at radius 1 is 1.29 bits per heavy atom. The summed E-state index contributed by atoms with van der Waals surface area (Å²) in [6.07, 6.45) is 1.60. The van der Waals surface area contributed by atoms with Gasteiger partial charge in [0.15, 0.2) is 0 Å². The van der Waals surface area contributed by atoms with Crippen LogP contribution < -0.4 is 26.5 Å². The average Bonchev–Trinajstić information content (AvgIpc) is 2.68. The Balaban J connectivity index is 2.13. The number of amidine groups is 1. The number of hydrogen-bond donors (Lipinski definition) is 4. The zero-order valence-corrected chi connectivity index (χ0v) is 16.3. The second-order valence-corrected chi connectivity index (χ2v) is 6.37.